The van der Waals surface area contributed by atoms with Gasteiger partial charge in [0.05, 0.1) is 12.2 Å². The number of benzene rings is 2. The van der Waals surface area contributed by atoms with Crippen molar-refractivity contribution in [3.63, 3.8) is 0 Å². The van der Waals surface area contributed by atoms with Crippen LogP contribution in [0.5, 0.6) is 11.5 Å². The Labute approximate surface area is 171 Å². The van der Waals surface area contributed by atoms with E-state index >= 15 is 0 Å². The zero-order valence-electron chi connectivity index (χ0n) is 16.2. The lowest BCUT2D eigenvalue weighted by Crippen LogP contribution is -2.45. The number of ether oxygens (including phenoxy) is 2. The summed E-state index contributed by atoms with van der Waals surface area (Å²) in [4.78, 5) is 16.1. The van der Waals surface area contributed by atoms with Gasteiger partial charge in [-0.1, -0.05) is 12.1 Å². The van der Waals surface area contributed by atoms with E-state index in [1.165, 1.54) is 0 Å². The summed E-state index contributed by atoms with van der Waals surface area (Å²) in [5.74, 6) is -3.49. The standard InChI is InChI=1S/C20H21F3N4O3/c1-2-24-20(25-9-12-11-29-15-5-3-4-6-16(15)30-12)26-10-17(28)27-14-8-7-13(21)18(22)19(14)23/h3-8,12H,2,9-11H2,1H3,(H,27,28)(H2,24,25,26). The van der Waals surface area contributed by atoms with E-state index in [0.717, 1.165) is 12.1 Å². The molecule has 0 fully saturated rings. The predicted molar refractivity (Wildman–Crippen MR) is 105 cm³/mol. The molecule has 0 saturated carbocycles. The van der Waals surface area contributed by atoms with Gasteiger partial charge in [0.25, 0.3) is 0 Å². The van der Waals surface area contributed by atoms with Gasteiger partial charge in [0.15, 0.2) is 34.9 Å². The van der Waals surface area contributed by atoms with Gasteiger partial charge >= 0.3 is 0 Å². The minimum atomic E-state index is -1.65. The van der Waals surface area contributed by atoms with E-state index in [1.807, 2.05) is 31.2 Å². The fourth-order valence-corrected chi connectivity index (χ4v) is 2.68. The number of guanidine groups is 1. The summed E-state index contributed by atoms with van der Waals surface area (Å²) in [5.41, 5.74) is -0.460. The Kier molecular flexibility index (Phi) is 6.99. The number of aliphatic imine (C=N–C) groups is 1. The van der Waals surface area contributed by atoms with Crippen LogP contribution >= 0.6 is 0 Å². The highest BCUT2D eigenvalue weighted by Crippen LogP contribution is 2.30. The molecule has 0 aromatic heterocycles. The predicted octanol–water partition coefficient (Wildman–Crippen LogP) is 2.44. The molecule has 0 saturated heterocycles. The van der Waals surface area contributed by atoms with E-state index in [-0.39, 0.29) is 12.6 Å². The van der Waals surface area contributed by atoms with Crippen LogP contribution in [0.2, 0.25) is 0 Å². The molecule has 3 rings (SSSR count). The van der Waals surface area contributed by atoms with Crippen LogP contribution in [0.1, 0.15) is 6.92 Å². The molecule has 1 heterocycles. The first-order chi connectivity index (χ1) is 14.5. The number of amides is 1. The molecule has 1 aliphatic heterocycles. The molecule has 0 radical (unpaired) electrons. The summed E-state index contributed by atoms with van der Waals surface area (Å²) in [6, 6.07) is 9.00. The third kappa shape index (κ3) is 5.34. The van der Waals surface area contributed by atoms with E-state index in [1.54, 1.807) is 0 Å². The third-order valence-electron chi connectivity index (χ3n) is 4.10. The van der Waals surface area contributed by atoms with Crippen LogP contribution in [0, 0.1) is 17.5 Å². The number of fused-ring (bicyclic) bond motifs is 1. The van der Waals surface area contributed by atoms with Gasteiger partial charge in [0.2, 0.25) is 5.91 Å². The second-order valence-electron chi connectivity index (χ2n) is 6.34. The molecule has 1 atom stereocenters. The van der Waals surface area contributed by atoms with Crippen LogP contribution in [0.4, 0.5) is 18.9 Å². The highest BCUT2D eigenvalue weighted by Gasteiger charge is 2.21. The van der Waals surface area contributed by atoms with Gasteiger partial charge < -0.3 is 25.4 Å². The Morgan fingerprint density at radius 3 is 2.63 bits per heavy atom. The first-order valence-corrected chi connectivity index (χ1v) is 9.32. The minimum Gasteiger partial charge on any atom is -0.486 e. The lowest BCUT2D eigenvalue weighted by atomic mass is 10.2. The van der Waals surface area contributed by atoms with Gasteiger partial charge in [0.1, 0.15) is 19.3 Å². The van der Waals surface area contributed by atoms with Gasteiger partial charge in [-0.3, -0.25) is 4.79 Å². The second-order valence-corrected chi connectivity index (χ2v) is 6.34. The Hall–Kier alpha value is -3.43. The topological polar surface area (TPSA) is 84.0 Å². The molecule has 160 valence electrons. The molecule has 30 heavy (non-hydrogen) atoms. The number of carbonyl (C=O) groups excluding carboxylic acids is 1. The SMILES string of the molecule is CCNC(=NCC(=O)Nc1ccc(F)c(F)c1F)NCC1COc2ccccc2O1. The van der Waals surface area contributed by atoms with Gasteiger partial charge in [-0.2, -0.15) is 0 Å². The molecule has 7 nitrogen and oxygen atoms in total. The molecule has 1 unspecified atom stereocenters. The van der Waals surface area contributed by atoms with Crippen LogP contribution in [0.25, 0.3) is 0 Å². The van der Waals surface area contributed by atoms with E-state index in [9.17, 15) is 18.0 Å². The van der Waals surface area contributed by atoms with Gasteiger partial charge in [-0.25, -0.2) is 18.2 Å². The number of rotatable bonds is 6. The van der Waals surface area contributed by atoms with Crippen molar-refractivity contribution in [1.29, 1.82) is 0 Å². The average Bonchev–Trinajstić information content (AvgIpc) is 2.76. The fourth-order valence-electron chi connectivity index (χ4n) is 2.68. The zero-order valence-corrected chi connectivity index (χ0v) is 16.2. The monoisotopic (exact) mass is 422 g/mol. The lowest BCUT2D eigenvalue weighted by molar-refractivity contribution is -0.114. The summed E-state index contributed by atoms with van der Waals surface area (Å²) in [5, 5.41) is 8.17. The zero-order chi connectivity index (χ0) is 21.5. The molecule has 0 aliphatic carbocycles. The van der Waals surface area contributed by atoms with E-state index in [4.69, 9.17) is 9.47 Å². The van der Waals surface area contributed by atoms with Crippen molar-refractivity contribution in [1.82, 2.24) is 10.6 Å². The first-order valence-electron chi connectivity index (χ1n) is 9.32. The molecule has 2 aromatic carbocycles. The molecule has 0 bridgehead atoms. The van der Waals surface area contributed by atoms with Crippen LogP contribution in [-0.2, 0) is 4.79 Å². The summed E-state index contributed by atoms with van der Waals surface area (Å²) >= 11 is 0. The van der Waals surface area contributed by atoms with Crippen molar-refractivity contribution in [2.75, 3.05) is 31.6 Å². The summed E-state index contributed by atoms with van der Waals surface area (Å²) in [6.45, 7) is 2.73. The van der Waals surface area contributed by atoms with Crippen LogP contribution in [0.15, 0.2) is 41.4 Å². The molecule has 0 spiro atoms. The lowest BCUT2D eigenvalue weighted by Gasteiger charge is -2.27. The van der Waals surface area contributed by atoms with E-state index in [2.05, 4.69) is 20.9 Å². The Bertz CT molecular complexity index is 940. The summed E-state index contributed by atoms with van der Waals surface area (Å²) in [7, 11) is 0. The van der Waals surface area contributed by atoms with Crippen molar-refractivity contribution in [2.24, 2.45) is 4.99 Å². The minimum absolute atomic E-state index is 0.270. The molecule has 2 aromatic rings. The Morgan fingerprint density at radius 2 is 1.87 bits per heavy atom. The smallest absolute Gasteiger partial charge is 0.246 e. The van der Waals surface area contributed by atoms with Gasteiger partial charge in [-0.15, -0.1) is 0 Å². The van der Waals surface area contributed by atoms with E-state index < -0.39 is 29.0 Å². The maximum atomic E-state index is 13.7. The highest BCUT2D eigenvalue weighted by molar-refractivity contribution is 5.94. The molecule has 3 N–H and O–H groups in total. The summed E-state index contributed by atoms with van der Waals surface area (Å²) < 4.78 is 51.4. The third-order valence-corrected chi connectivity index (χ3v) is 4.10. The molecule has 1 amide bonds. The van der Waals surface area contributed by atoms with Crippen molar-refractivity contribution >= 4 is 17.6 Å². The number of hydrogen-bond donors (Lipinski definition) is 3. The van der Waals surface area contributed by atoms with Crippen molar-refractivity contribution < 1.29 is 27.4 Å². The second kappa shape index (κ2) is 9.86. The molecular formula is C20H21F3N4O3. The van der Waals surface area contributed by atoms with Crippen LogP contribution in [-0.4, -0.2) is 44.2 Å². The quantitative estimate of drug-likeness (QED) is 0.378. The first kappa shape index (κ1) is 21.3. The van der Waals surface area contributed by atoms with Crippen LogP contribution in [0.3, 0.4) is 0 Å². The Morgan fingerprint density at radius 1 is 1.10 bits per heavy atom. The number of anilines is 1. The number of carbonyl (C=O) groups is 1. The maximum absolute atomic E-state index is 13.7. The molecule has 10 heteroatoms. The fraction of sp³-hybridized carbons (Fsp3) is 0.300. The Balaban J connectivity index is 1.54. The number of halogens is 3. The van der Waals surface area contributed by atoms with Crippen LogP contribution < -0.4 is 25.4 Å². The van der Waals surface area contributed by atoms with Gasteiger partial charge in [0, 0.05) is 6.54 Å². The van der Waals surface area contributed by atoms with Gasteiger partial charge in [-0.05, 0) is 31.2 Å². The average molecular weight is 422 g/mol. The normalized spacial score (nSPS) is 15.5. The number of nitrogens with zero attached hydrogens (tertiary/aromatic N) is 1. The van der Waals surface area contributed by atoms with E-state index in [0.29, 0.717) is 37.2 Å². The van der Waals surface area contributed by atoms with Crippen molar-refractivity contribution in [2.45, 2.75) is 13.0 Å². The summed E-state index contributed by atoms with van der Waals surface area (Å²) in [6.07, 6.45) is -0.270. The maximum Gasteiger partial charge on any atom is 0.246 e. The van der Waals surface area contributed by atoms with Crippen molar-refractivity contribution in [3.8, 4) is 11.5 Å². The molecular weight excluding hydrogens is 401 g/mol. The molecule has 1 aliphatic rings. The largest absolute Gasteiger partial charge is 0.486 e. The number of hydrogen-bond acceptors (Lipinski definition) is 4. The van der Waals surface area contributed by atoms with Crippen molar-refractivity contribution in [3.05, 3.63) is 53.8 Å². The number of nitrogens with one attached hydrogen (secondary N) is 3. The highest BCUT2D eigenvalue weighted by atomic mass is 19.2. The number of para-hydroxylation sites is 2.